The Morgan fingerprint density at radius 3 is 2.37 bits per heavy atom. The van der Waals surface area contributed by atoms with Gasteiger partial charge in [-0.2, -0.15) is 0 Å². The summed E-state index contributed by atoms with van der Waals surface area (Å²) in [7, 11) is -2.37. The van der Waals surface area contributed by atoms with E-state index in [1.807, 2.05) is 0 Å². The second-order valence-electron chi connectivity index (χ2n) is 6.05. The summed E-state index contributed by atoms with van der Waals surface area (Å²) in [5.74, 6) is -0.903. The van der Waals surface area contributed by atoms with Gasteiger partial charge >= 0.3 is 5.97 Å². The summed E-state index contributed by atoms with van der Waals surface area (Å²) in [6.45, 7) is 1.31. The number of esters is 1. The normalized spacial score (nSPS) is 11.0. The van der Waals surface area contributed by atoms with E-state index in [-0.39, 0.29) is 33.6 Å². The molecule has 1 N–H and O–H groups in total. The van der Waals surface area contributed by atoms with Gasteiger partial charge in [0.05, 0.1) is 41.3 Å². The quantitative estimate of drug-likeness (QED) is 0.586. The molecular weight excluding hydrogens is 455 g/mol. The summed E-state index contributed by atoms with van der Waals surface area (Å²) in [5.41, 5.74) is 0.536. The van der Waals surface area contributed by atoms with Crippen LogP contribution < -0.4 is 14.4 Å². The van der Waals surface area contributed by atoms with E-state index < -0.39 is 28.4 Å². The molecule has 8 nitrogen and oxygen atoms in total. The first-order valence-corrected chi connectivity index (χ1v) is 11.2. The number of hydrogen-bond donors (Lipinski definition) is 1. The first kappa shape index (κ1) is 23.8. The molecule has 0 fully saturated rings. The van der Waals surface area contributed by atoms with E-state index >= 15 is 0 Å². The van der Waals surface area contributed by atoms with Crippen LogP contribution in [0.4, 0.5) is 11.4 Å². The lowest BCUT2D eigenvalue weighted by Crippen LogP contribution is -2.37. The average Bonchev–Trinajstić information content (AvgIpc) is 2.67. The third kappa shape index (κ3) is 6.01. The van der Waals surface area contributed by atoms with Crippen molar-refractivity contribution in [1.29, 1.82) is 0 Å². The molecule has 0 saturated carbocycles. The fourth-order valence-electron chi connectivity index (χ4n) is 2.51. The summed E-state index contributed by atoms with van der Waals surface area (Å²) in [4.78, 5) is 24.5. The third-order valence-electron chi connectivity index (χ3n) is 3.86. The number of ether oxygens (including phenoxy) is 2. The van der Waals surface area contributed by atoms with Crippen LogP contribution in [0.1, 0.15) is 17.3 Å². The maximum absolute atomic E-state index is 12.5. The lowest BCUT2D eigenvalue weighted by molar-refractivity contribution is -0.114. The largest absolute Gasteiger partial charge is 0.495 e. The van der Waals surface area contributed by atoms with Gasteiger partial charge in [0.2, 0.25) is 15.9 Å². The number of hydrogen-bond acceptors (Lipinski definition) is 6. The van der Waals surface area contributed by atoms with Gasteiger partial charge in [0.25, 0.3) is 0 Å². The zero-order valence-corrected chi connectivity index (χ0v) is 18.8. The molecule has 0 saturated heterocycles. The Balaban J connectivity index is 2.24. The topological polar surface area (TPSA) is 102 Å². The number of carbonyl (C=O) groups excluding carboxylic acids is 2. The van der Waals surface area contributed by atoms with E-state index in [1.54, 1.807) is 6.92 Å². The predicted octanol–water partition coefficient (Wildman–Crippen LogP) is 3.58. The van der Waals surface area contributed by atoms with Crippen LogP contribution in [0.2, 0.25) is 10.0 Å². The minimum Gasteiger partial charge on any atom is -0.495 e. The SMILES string of the molecule is CCOC(=O)c1cc(NC(=O)CN(c2ccc(OC)c(Cl)c2)S(C)(=O)=O)ccc1Cl. The van der Waals surface area contributed by atoms with Crippen molar-refractivity contribution >= 4 is 56.5 Å². The summed E-state index contributed by atoms with van der Waals surface area (Å²) >= 11 is 12.1. The number of rotatable bonds is 8. The van der Waals surface area contributed by atoms with Crippen molar-refractivity contribution in [3.8, 4) is 5.75 Å². The third-order valence-corrected chi connectivity index (χ3v) is 5.62. The van der Waals surface area contributed by atoms with Crippen LogP contribution in [0.15, 0.2) is 36.4 Å². The fraction of sp³-hybridized carbons (Fsp3) is 0.263. The fourth-order valence-corrected chi connectivity index (χ4v) is 3.80. The van der Waals surface area contributed by atoms with Gasteiger partial charge in [-0.3, -0.25) is 9.10 Å². The average molecular weight is 475 g/mol. The molecule has 0 aliphatic carbocycles. The van der Waals surface area contributed by atoms with Gasteiger partial charge < -0.3 is 14.8 Å². The van der Waals surface area contributed by atoms with Crippen LogP contribution in [0, 0.1) is 0 Å². The first-order valence-electron chi connectivity index (χ1n) is 8.64. The number of nitrogens with one attached hydrogen (secondary N) is 1. The maximum atomic E-state index is 12.5. The Morgan fingerprint density at radius 2 is 1.80 bits per heavy atom. The predicted molar refractivity (Wildman–Crippen MR) is 116 cm³/mol. The van der Waals surface area contributed by atoms with Gasteiger partial charge in [0.15, 0.2) is 0 Å². The van der Waals surface area contributed by atoms with Crippen LogP contribution in [-0.2, 0) is 19.6 Å². The molecule has 30 heavy (non-hydrogen) atoms. The molecule has 0 radical (unpaired) electrons. The lowest BCUT2D eigenvalue weighted by Gasteiger charge is -2.22. The first-order chi connectivity index (χ1) is 14.1. The Kier molecular flexibility index (Phi) is 7.94. The van der Waals surface area contributed by atoms with Crippen LogP contribution >= 0.6 is 23.2 Å². The lowest BCUT2D eigenvalue weighted by atomic mass is 10.2. The molecule has 0 aliphatic rings. The van der Waals surface area contributed by atoms with Crippen LogP contribution in [-0.4, -0.2) is 46.8 Å². The minimum absolute atomic E-state index is 0.0817. The number of benzene rings is 2. The number of anilines is 2. The number of halogens is 2. The zero-order chi connectivity index (χ0) is 22.5. The highest BCUT2D eigenvalue weighted by atomic mass is 35.5. The Bertz CT molecular complexity index is 1060. The smallest absolute Gasteiger partial charge is 0.339 e. The zero-order valence-electron chi connectivity index (χ0n) is 16.4. The van der Waals surface area contributed by atoms with E-state index in [9.17, 15) is 18.0 Å². The van der Waals surface area contributed by atoms with Crippen LogP contribution in [0.25, 0.3) is 0 Å². The summed E-state index contributed by atoms with van der Waals surface area (Å²) in [6.07, 6.45) is 0.972. The molecule has 0 aromatic heterocycles. The molecule has 0 atom stereocenters. The van der Waals surface area contributed by atoms with Gasteiger partial charge in [0, 0.05) is 5.69 Å². The second-order valence-corrected chi connectivity index (χ2v) is 8.77. The summed E-state index contributed by atoms with van der Waals surface area (Å²) < 4.78 is 35.4. The van der Waals surface area contributed by atoms with E-state index in [2.05, 4.69) is 5.32 Å². The van der Waals surface area contributed by atoms with Gasteiger partial charge in [-0.15, -0.1) is 0 Å². The van der Waals surface area contributed by atoms with Crippen molar-refractivity contribution in [3.63, 3.8) is 0 Å². The van der Waals surface area contributed by atoms with E-state index in [0.29, 0.717) is 5.75 Å². The highest BCUT2D eigenvalue weighted by Gasteiger charge is 2.22. The molecule has 0 aliphatic heterocycles. The molecule has 1 amide bonds. The summed E-state index contributed by atoms with van der Waals surface area (Å²) in [5, 5.41) is 2.91. The Labute approximate surface area is 184 Å². The second kappa shape index (κ2) is 10.0. The van der Waals surface area contributed by atoms with Crippen molar-refractivity contribution in [2.75, 3.05) is 36.1 Å². The van der Waals surface area contributed by atoms with E-state index in [4.69, 9.17) is 32.7 Å². The number of carbonyl (C=O) groups is 2. The van der Waals surface area contributed by atoms with E-state index in [0.717, 1.165) is 10.6 Å². The highest BCUT2D eigenvalue weighted by molar-refractivity contribution is 7.92. The van der Waals surface area contributed by atoms with Gasteiger partial charge in [-0.25, -0.2) is 13.2 Å². The molecule has 0 unspecified atom stereocenters. The van der Waals surface area contributed by atoms with Crippen molar-refractivity contribution in [2.45, 2.75) is 6.92 Å². The van der Waals surface area contributed by atoms with Crippen LogP contribution in [0.5, 0.6) is 5.75 Å². The van der Waals surface area contributed by atoms with Gasteiger partial charge in [-0.1, -0.05) is 23.2 Å². The van der Waals surface area contributed by atoms with Gasteiger partial charge in [0.1, 0.15) is 12.3 Å². The maximum Gasteiger partial charge on any atom is 0.339 e. The number of sulfonamides is 1. The molecule has 162 valence electrons. The molecule has 0 bridgehead atoms. The van der Waals surface area contributed by atoms with Crippen molar-refractivity contribution < 1.29 is 27.5 Å². The molecule has 2 aromatic rings. The number of amides is 1. The van der Waals surface area contributed by atoms with Gasteiger partial charge in [-0.05, 0) is 43.3 Å². The Hall–Kier alpha value is -2.49. The van der Waals surface area contributed by atoms with Crippen molar-refractivity contribution in [2.24, 2.45) is 0 Å². The van der Waals surface area contributed by atoms with Crippen LogP contribution in [0.3, 0.4) is 0 Å². The molecule has 2 aromatic carbocycles. The highest BCUT2D eigenvalue weighted by Crippen LogP contribution is 2.30. The standard InChI is InChI=1S/C19H20Cl2N2O6S/c1-4-29-19(25)14-9-12(5-7-15(14)20)22-18(24)11-23(30(3,26)27)13-6-8-17(28-2)16(21)10-13/h5-10H,4,11H2,1-3H3,(H,22,24). The van der Waals surface area contributed by atoms with E-state index in [1.165, 1.54) is 43.5 Å². The monoisotopic (exact) mass is 474 g/mol. The number of nitrogens with zero attached hydrogens (tertiary/aromatic N) is 1. The molecule has 11 heteroatoms. The Morgan fingerprint density at radius 1 is 1.10 bits per heavy atom. The molecule has 0 spiro atoms. The number of methoxy groups -OCH3 is 1. The molecule has 2 rings (SSSR count). The molecule has 0 heterocycles. The minimum atomic E-state index is -3.80. The van der Waals surface area contributed by atoms with Crippen molar-refractivity contribution in [3.05, 3.63) is 52.0 Å². The van der Waals surface area contributed by atoms with Crippen molar-refractivity contribution in [1.82, 2.24) is 0 Å². The molecular formula is C19H20Cl2N2O6S. The summed E-state index contributed by atoms with van der Waals surface area (Å²) in [6, 6.07) is 8.63.